The lowest BCUT2D eigenvalue weighted by molar-refractivity contribution is -0.915. The average molecular weight is 407 g/mol. The maximum absolute atomic E-state index is 13.2. The Kier molecular flexibility index (Phi) is 5.64. The van der Waals surface area contributed by atoms with Gasteiger partial charge in [-0.25, -0.2) is 9.37 Å². The van der Waals surface area contributed by atoms with E-state index in [1.165, 1.54) is 12.1 Å². The molecule has 1 unspecified atom stereocenters. The Morgan fingerprint density at radius 3 is 2.45 bits per heavy atom. The molecule has 4 aromatic rings. The van der Waals surface area contributed by atoms with Crippen molar-refractivity contribution in [3.05, 3.63) is 95.3 Å². The Balaban J connectivity index is 1.59. The minimum Gasteiger partial charge on any atom is -0.321 e. The molecular weight excluding hydrogens is 385 g/mol. The Morgan fingerprint density at radius 1 is 1.03 bits per heavy atom. The first-order valence-electron chi connectivity index (χ1n) is 9.38. The van der Waals surface area contributed by atoms with E-state index < -0.39 is 6.04 Å². The van der Waals surface area contributed by atoms with Gasteiger partial charge in [0.25, 0.3) is 5.91 Å². The summed E-state index contributed by atoms with van der Waals surface area (Å²) >= 11 is 1.65. The highest BCUT2D eigenvalue weighted by atomic mass is 32.1. The fourth-order valence-corrected chi connectivity index (χ4v) is 4.45. The van der Waals surface area contributed by atoms with Gasteiger partial charge in [-0.1, -0.05) is 42.5 Å². The molecule has 146 valence electrons. The number of fused-ring (bicyclic) bond motifs is 1. The van der Waals surface area contributed by atoms with E-state index >= 15 is 0 Å². The van der Waals surface area contributed by atoms with Crippen LogP contribution < -0.4 is 10.2 Å². The van der Waals surface area contributed by atoms with Gasteiger partial charge in [0.05, 0.1) is 17.3 Å². The van der Waals surface area contributed by atoms with Gasteiger partial charge in [0.2, 0.25) is 0 Å². The SMILES string of the molecule is C[NH+](Cc1nc2ccccc2s1)[C@H](C(=O)Nc1ccc(F)cc1)c1ccccc1. The summed E-state index contributed by atoms with van der Waals surface area (Å²) in [5.41, 5.74) is 2.48. The second kappa shape index (κ2) is 8.51. The van der Waals surface area contributed by atoms with E-state index in [1.807, 2.05) is 55.6 Å². The number of hydrogen-bond acceptors (Lipinski definition) is 3. The first kappa shape index (κ1) is 19.2. The van der Waals surface area contributed by atoms with Gasteiger partial charge in [0, 0.05) is 11.3 Å². The number of nitrogens with one attached hydrogen (secondary N) is 2. The van der Waals surface area contributed by atoms with Crippen LogP contribution in [0.4, 0.5) is 10.1 Å². The lowest BCUT2D eigenvalue weighted by Crippen LogP contribution is -3.09. The summed E-state index contributed by atoms with van der Waals surface area (Å²) in [6, 6.07) is 23.1. The topological polar surface area (TPSA) is 46.4 Å². The third-order valence-corrected chi connectivity index (χ3v) is 5.80. The van der Waals surface area contributed by atoms with Crippen molar-refractivity contribution >= 4 is 33.1 Å². The molecule has 3 aromatic carbocycles. The van der Waals surface area contributed by atoms with Crippen molar-refractivity contribution in [3.8, 4) is 0 Å². The molecule has 0 aliphatic carbocycles. The summed E-state index contributed by atoms with van der Waals surface area (Å²) in [7, 11) is 1.99. The van der Waals surface area contributed by atoms with E-state index in [0.29, 0.717) is 12.2 Å². The highest BCUT2D eigenvalue weighted by Crippen LogP contribution is 2.21. The maximum atomic E-state index is 13.2. The number of carbonyl (C=O) groups is 1. The van der Waals surface area contributed by atoms with Gasteiger partial charge in [-0.05, 0) is 36.4 Å². The van der Waals surface area contributed by atoms with E-state index in [1.54, 1.807) is 23.5 Å². The second-order valence-electron chi connectivity index (χ2n) is 6.94. The summed E-state index contributed by atoms with van der Waals surface area (Å²) in [6.07, 6.45) is 0. The van der Waals surface area contributed by atoms with E-state index in [9.17, 15) is 9.18 Å². The Bertz CT molecular complexity index is 1080. The molecule has 0 spiro atoms. The number of thiazole rings is 1. The van der Waals surface area contributed by atoms with Gasteiger partial charge in [0.15, 0.2) is 6.04 Å². The predicted molar refractivity (Wildman–Crippen MR) is 114 cm³/mol. The van der Waals surface area contributed by atoms with E-state index in [0.717, 1.165) is 25.7 Å². The van der Waals surface area contributed by atoms with Crippen LogP contribution in [0.25, 0.3) is 10.2 Å². The molecule has 2 atom stereocenters. The van der Waals surface area contributed by atoms with Gasteiger partial charge in [0.1, 0.15) is 17.4 Å². The fourth-order valence-electron chi connectivity index (χ4n) is 3.39. The Labute approximate surface area is 172 Å². The van der Waals surface area contributed by atoms with Crippen molar-refractivity contribution in [2.24, 2.45) is 0 Å². The smallest absolute Gasteiger partial charge is 0.287 e. The number of quaternary nitrogens is 1. The average Bonchev–Trinajstić information content (AvgIpc) is 3.13. The second-order valence-corrected chi connectivity index (χ2v) is 8.05. The first-order chi connectivity index (χ1) is 14.1. The zero-order valence-electron chi connectivity index (χ0n) is 15.9. The van der Waals surface area contributed by atoms with E-state index in [-0.39, 0.29) is 11.7 Å². The third kappa shape index (κ3) is 4.50. The zero-order chi connectivity index (χ0) is 20.2. The van der Waals surface area contributed by atoms with Crippen LogP contribution in [0.3, 0.4) is 0 Å². The Hall–Kier alpha value is -3.09. The summed E-state index contributed by atoms with van der Waals surface area (Å²) < 4.78 is 14.3. The van der Waals surface area contributed by atoms with Gasteiger partial charge in [-0.2, -0.15) is 0 Å². The van der Waals surface area contributed by atoms with Crippen molar-refractivity contribution < 1.29 is 14.1 Å². The van der Waals surface area contributed by atoms with Crippen LogP contribution in [0.1, 0.15) is 16.6 Å². The van der Waals surface area contributed by atoms with Crippen molar-refractivity contribution in [2.45, 2.75) is 12.6 Å². The summed E-state index contributed by atoms with van der Waals surface area (Å²) in [5.74, 6) is -0.470. The molecule has 1 amide bonds. The zero-order valence-corrected chi connectivity index (χ0v) is 16.7. The van der Waals surface area contributed by atoms with Crippen LogP contribution >= 0.6 is 11.3 Å². The number of rotatable bonds is 6. The van der Waals surface area contributed by atoms with Gasteiger partial charge < -0.3 is 10.2 Å². The molecule has 0 fully saturated rings. The summed E-state index contributed by atoms with van der Waals surface area (Å²) in [4.78, 5) is 18.9. The fraction of sp³-hybridized carbons (Fsp3) is 0.130. The summed E-state index contributed by atoms with van der Waals surface area (Å²) in [5, 5.41) is 3.90. The third-order valence-electron chi connectivity index (χ3n) is 4.77. The molecule has 4 nitrogen and oxygen atoms in total. The normalized spacial score (nSPS) is 13.2. The molecule has 6 heteroatoms. The standard InChI is InChI=1S/C23H20FN3OS/c1-27(15-21-26-19-9-5-6-10-20(19)29-21)22(16-7-3-2-4-8-16)23(28)25-18-13-11-17(24)12-14-18/h2-14,22H,15H2,1H3,(H,25,28)/p+1/t22-/m0/s1. The van der Waals surface area contributed by atoms with E-state index in [2.05, 4.69) is 11.4 Å². The van der Waals surface area contributed by atoms with Gasteiger partial charge in [-0.15, -0.1) is 11.3 Å². The molecule has 0 saturated heterocycles. The number of para-hydroxylation sites is 1. The predicted octanol–water partition coefficient (Wildman–Crippen LogP) is 3.83. The van der Waals surface area contributed by atoms with Crippen LogP contribution in [-0.2, 0) is 11.3 Å². The van der Waals surface area contributed by atoms with Crippen molar-refractivity contribution in [1.29, 1.82) is 0 Å². The number of amides is 1. The van der Waals surface area contributed by atoms with E-state index in [4.69, 9.17) is 4.98 Å². The minimum absolute atomic E-state index is 0.138. The molecule has 0 aliphatic rings. The van der Waals surface area contributed by atoms with Crippen LogP contribution in [0.15, 0.2) is 78.9 Å². The van der Waals surface area contributed by atoms with Gasteiger partial charge in [-0.3, -0.25) is 4.79 Å². The van der Waals surface area contributed by atoms with Crippen LogP contribution in [0, 0.1) is 5.82 Å². The minimum atomic E-state index is -0.423. The number of aromatic nitrogens is 1. The quantitative estimate of drug-likeness (QED) is 0.511. The number of hydrogen-bond donors (Lipinski definition) is 2. The number of halogens is 1. The lowest BCUT2D eigenvalue weighted by atomic mass is 10.0. The largest absolute Gasteiger partial charge is 0.321 e. The number of likely N-dealkylation sites (N-methyl/N-ethyl adjacent to an activating group) is 1. The number of anilines is 1. The molecule has 0 radical (unpaired) electrons. The van der Waals surface area contributed by atoms with Crippen molar-refractivity contribution in [3.63, 3.8) is 0 Å². The molecule has 29 heavy (non-hydrogen) atoms. The van der Waals surface area contributed by atoms with Crippen molar-refractivity contribution in [2.75, 3.05) is 12.4 Å². The lowest BCUT2D eigenvalue weighted by Gasteiger charge is -2.24. The van der Waals surface area contributed by atoms with Crippen LogP contribution in [-0.4, -0.2) is 17.9 Å². The molecule has 2 N–H and O–H groups in total. The Morgan fingerprint density at radius 2 is 1.72 bits per heavy atom. The maximum Gasteiger partial charge on any atom is 0.287 e. The molecule has 1 aromatic heterocycles. The molecule has 0 saturated carbocycles. The molecule has 0 aliphatic heterocycles. The number of nitrogens with zero attached hydrogens (tertiary/aromatic N) is 1. The number of carbonyl (C=O) groups excluding carboxylic acids is 1. The first-order valence-corrected chi connectivity index (χ1v) is 10.2. The van der Waals surface area contributed by atoms with Crippen molar-refractivity contribution in [1.82, 2.24) is 4.98 Å². The molecule has 1 heterocycles. The molecular formula is C23H21FN3OS+. The highest BCUT2D eigenvalue weighted by Gasteiger charge is 2.30. The van der Waals surface area contributed by atoms with Crippen LogP contribution in [0.5, 0.6) is 0 Å². The van der Waals surface area contributed by atoms with Gasteiger partial charge >= 0.3 is 0 Å². The number of benzene rings is 3. The summed E-state index contributed by atoms with van der Waals surface area (Å²) in [6.45, 7) is 0.621. The molecule has 0 bridgehead atoms. The monoisotopic (exact) mass is 406 g/mol. The highest BCUT2D eigenvalue weighted by molar-refractivity contribution is 7.18. The molecule has 4 rings (SSSR count). The van der Waals surface area contributed by atoms with Crippen LogP contribution in [0.2, 0.25) is 0 Å².